The molecule has 29 heavy (non-hydrogen) atoms. The number of rotatable bonds is 9. The van der Waals surface area contributed by atoms with Gasteiger partial charge in [-0.15, -0.1) is 0 Å². The van der Waals surface area contributed by atoms with Gasteiger partial charge in [0, 0.05) is 6.42 Å². The highest BCUT2D eigenvalue weighted by Gasteiger charge is 2.44. The lowest BCUT2D eigenvalue weighted by atomic mass is 10.1. The number of carbonyl (C=O) groups is 2. The summed E-state index contributed by atoms with van der Waals surface area (Å²) in [5, 5.41) is 9.64. The molecule has 0 aromatic heterocycles. The Labute approximate surface area is 173 Å². The van der Waals surface area contributed by atoms with E-state index in [1.54, 1.807) is 34.6 Å². The zero-order valence-corrected chi connectivity index (χ0v) is 19.3. The van der Waals surface area contributed by atoms with Crippen LogP contribution in [0.1, 0.15) is 41.0 Å². The molecule has 2 atom stereocenters. The monoisotopic (exact) mass is 440 g/mol. The Morgan fingerprint density at radius 3 is 2.21 bits per heavy atom. The number of carboxylic acids is 1. The molecule has 1 fully saturated rings. The maximum atomic E-state index is 12.6. The summed E-state index contributed by atoms with van der Waals surface area (Å²) in [5.41, 5.74) is -0.685. The van der Waals surface area contributed by atoms with Crippen molar-refractivity contribution < 1.29 is 43.0 Å². The summed E-state index contributed by atoms with van der Waals surface area (Å²) >= 11 is 0. The maximum Gasteiger partial charge on any atom is 0.411 e. The van der Waals surface area contributed by atoms with Gasteiger partial charge in [0.1, 0.15) is 12.1 Å². The van der Waals surface area contributed by atoms with Gasteiger partial charge in [0.15, 0.2) is 6.04 Å². The molecule has 0 saturated carbocycles. The lowest BCUT2D eigenvalue weighted by Gasteiger charge is -2.45. The van der Waals surface area contributed by atoms with Crippen LogP contribution in [-0.2, 0) is 23.1 Å². The Hall–Kier alpha value is -1.19. The second kappa shape index (κ2) is 11.3. The van der Waals surface area contributed by atoms with Crippen LogP contribution in [0.5, 0.6) is 0 Å². The van der Waals surface area contributed by atoms with Crippen LogP contribution < -0.4 is 0 Å². The van der Waals surface area contributed by atoms with Gasteiger partial charge in [0.05, 0.1) is 46.1 Å². The lowest BCUT2D eigenvalue weighted by Crippen LogP contribution is -2.65. The molecule has 0 aromatic rings. The number of hydrogen-bond acceptors (Lipinski definition) is 7. The molecule has 0 aliphatic carbocycles. The van der Waals surface area contributed by atoms with Gasteiger partial charge >= 0.3 is 19.7 Å². The van der Waals surface area contributed by atoms with E-state index >= 15 is 0 Å². The zero-order valence-electron chi connectivity index (χ0n) is 18.4. The highest BCUT2D eigenvalue weighted by molar-refractivity contribution is 7.53. The van der Waals surface area contributed by atoms with Crippen LogP contribution in [0.3, 0.4) is 0 Å². The molecule has 1 heterocycles. The Balaban J connectivity index is 0.00000784. The van der Waals surface area contributed by atoms with E-state index in [2.05, 4.69) is 0 Å². The third kappa shape index (κ3) is 9.00. The molecular weight excluding hydrogens is 403 g/mol. The maximum absolute atomic E-state index is 12.6. The summed E-state index contributed by atoms with van der Waals surface area (Å²) in [7, 11) is -1.16. The van der Waals surface area contributed by atoms with E-state index in [1.165, 1.54) is 4.90 Å². The van der Waals surface area contributed by atoms with Crippen LogP contribution in [0.4, 0.5) is 4.79 Å². The molecule has 0 spiro atoms. The molecule has 11 heteroatoms. The first-order chi connectivity index (χ1) is 12.8. The highest BCUT2D eigenvalue weighted by atomic mass is 31.2. The van der Waals surface area contributed by atoms with Crippen molar-refractivity contribution in [2.45, 2.75) is 52.7 Å². The molecular formula is C18H37N2O8P. The van der Waals surface area contributed by atoms with Crippen molar-refractivity contribution in [2.24, 2.45) is 0 Å². The number of likely N-dealkylation sites (N-methyl/N-ethyl adjacent to an activating group) is 1. The fourth-order valence-corrected chi connectivity index (χ4v) is 4.92. The molecule has 1 unspecified atom stereocenters. The first-order valence-electron chi connectivity index (χ1n) is 9.79. The summed E-state index contributed by atoms with van der Waals surface area (Å²) in [4.78, 5) is 25.5. The minimum absolute atomic E-state index is 0. The highest BCUT2D eigenvalue weighted by Crippen LogP contribution is 2.48. The summed E-state index contributed by atoms with van der Waals surface area (Å²) in [6, 6.07) is -0.959. The average molecular weight is 440 g/mol. The second-order valence-corrected chi connectivity index (χ2v) is 10.5. The normalized spacial score (nSPS) is 22.7. The quantitative estimate of drug-likeness (QED) is 0.427. The second-order valence-electron chi connectivity index (χ2n) is 8.30. The van der Waals surface area contributed by atoms with Gasteiger partial charge in [-0.3, -0.25) is 9.46 Å². The van der Waals surface area contributed by atoms with E-state index in [-0.39, 0.29) is 24.7 Å². The first-order valence-corrected chi connectivity index (χ1v) is 11.5. The predicted octanol–water partition coefficient (Wildman–Crippen LogP) is 2.62. The minimum Gasteiger partial charge on any atom is -0.870 e. The third-order valence-corrected chi connectivity index (χ3v) is 6.73. The smallest absolute Gasteiger partial charge is 0.411 e. The van der Waals surface area contributed by atoms with Crippen molar-refractivity contribution in [3.63, 3.8) is 0 Å². The lowest BCUT2D eigenvalue weighted by molar-refractivity contribution is -0.915. The Bertz CT molecular complexity index is 585. The summed E-state index contributed by atoms with van der Waals surface area (Å²) in [6.45, 7) is 11.2. The van der Waals surface area contributed by atoms with Gasteiger partial charge in [0.25, 0.3) is 0 Å². The molecule has 172 valence electrons. The Kier molecular flexibility index (Phi) is 10.8. The molecule has 1 amide bonds. The van der Waals surface area contributed by atoms with Gasteiger partial charge in [-0.05, 0) is 34.6 Å². The van der Waals surface area contributed by atoms with Crippen molar-refractivity contribution >= 4 is 19.7 Å². The predicted molar refractivity (Wildman–Crippen MR) is 107 cm³/mol. The SMILES string of the molecule is CCOP(=O)(CCC[N+]1(C)CCN(C(=O)OC(C)(C)C)[C@@H](C(=O)O)C1)OCC.[OH-]. The number of quaternary nitrogens is 1. The molecule has 2 N–H and O–H groups in total. The van der Waals surface area contributed by atoms with E-state index in [9.17, 15) is 19.3 Å². The number of piperazine rings is 1. The molecule has 0 bridgehead atoms. The standard InChI is InChI=1S/C18H35N2O7P.H2O/c1-7-25-28(24,26-8-2)13-9-11-20(6)12-10-19(15(14-20)16(21)22)17(23)27-18(3,4)5;/h15H,7-14H2,1-6H3;1H2/t15-,20?;/m1./s1. The van der Waals surface area contributed by atoms with Crippen molar-refractivity contribution in [1.29, 1.82) is 0 Å². The largest absolute Gasteiger partial charge is 0.870 e. The fourth-order valence-electron chi connectivity index (χ4n) is 3.27. The molecule has 1 aliphatic rings. The molecule has 1 aliphatic heterocycles. The molecule has 1 saturated heterocycles. The van der Waals surface area contributed by atoms with Crippen LogP contribution >= 0.6 is 7.60 Å². The zero-order chi connectivity index (χ0) is 21.6. The van der Waals surface area contributed by atoms with Crippen molar-refractivity contribution in [3.8, 4) is 0 Å². The topological polar surface area (TPSA) is 132 Å². The first kappa shape index (κ1) is 27.8. The van der Waals surface area contributed by atoms with Crippen LogP contribution in [0.2, 0.25) is 0 Å². The summed E-state index contributed by atoms with van der Waals surface area (Å²) in [6.07, 6.45) is 0.256. The van der Waals surface area contributed by atoms with E-state index in [0.29, 0.717) is 37.2 Å². The summed E-state index contributed by atoms with van der Waals surface area (Å²) < 4.78 is 29.0. The van der Waals surface area contributed by atoms with Gasteiger partial charge in [-0.1, -0.05) is 0 Å². The third-order valence-electron chi connectivity index (χ3n) is 4.57. The minimum atomic E-state index is -3.11. The molecule has 0 radical (unpaired) electrons. The summed E-state index contributed by atoms with van der Waals surface area (Å²) in [5.74, 6) is -1.05. The number of ether oxygens (including phenoxy) is 1. The molecule has 0 aromatic carbocycles. The number of hydrogen-bond donors (Lipinski definition) is 1. The number of aliphatic carboxylic acids is 1. The Morgan fingerprint density at radius 1 is 1.21 bits per heavy atom. The van der Waals surface area contributed by atoms with E-state index in [0.717, 1.165) is 0 Å². The van der Waals surface area contributed by atoms with Gasteiger partial charge in [-0.25, -0.2) is 9.59 Å². The van der Waals surface area contributed by atoms with Crippen molar-refractivity contribution in [1.82, 2.24) is 4.90 Å². The van der Waals surface area contributed by atoms with Crippen LogP contribution in [0, 0.1) is 0 Å². The number of carboxylic acid groups (broad SMARTS) is 1. The molecule has 1 rings (SSSR count). The van der Waals surface area contributed by atoms with Crippen molar-refractivity contribution in [2.75, 3.05) is 52.6 Å². The Morgan fingerprint density at radius 2 is 1.76 bits per heavy atom. The van der Waals surface area contributed by atoms with Crippen LogP contribution in [0.15, 0.2) is 0 Å². The number of amides is 1. The van der Waals surface area contributed by atoms with Crippen molar-refractivity contribution in [3.05, 3.63) is 0 Å². The van der Waals surface area contributed by atoms with E-state index < -0.39 is 31.3 Å². The van der Waals surface area contributed by atoms with Gasteiger partial charge in [0.2, 0.25) is 0 Å². The van der Waals surface area contributed by atoms with Crippen LogP contribution in [-0.4, -0.2) is 96.3 Å². The van der Waals surface area contributed by atoms with Crippen LogP contribution in [0.25, 0.3) is 0 Å². The molecule has 10 nitrogen and oxygen atoms in total. The number of nitrogens with zero attached hydrogens (tertiary/aromatic N) is 2. The fraction of sp³-hybridized carbons (Fsp3) is 0.889. The van der Waals surface area contributed by atoms with E-state index in [4.69, 9.17) is 13.8 Å². The average Bonchev–Trinajstić information content (AvgIpc) is 2.53. The van der Waals surface area contributed by atoms with Gasteiger partial charge < -0.3 is 28.9 Å². The number of carbonyl (C=O) groups excluding carboxylic acids is 1. The van der Waals surface area contributed by atoms with E-state index in [1.807, 2.05) is 7.05 Å². The van der Waals surface area contributed by atoms with Gasteiger partial charge in [-0.2, -0.15) is 0 Å².